The van der Waals surface area contributed by atoms with Gasteiger partial charge in [-0.15, -0.1) is 0 Å². The zero-order valence-corrected chi connectivity index (χ0v) is 11.5. The van der Waals surface area contributed by atoms with Gasteiger partial charge in [-0.2, -0.15) is 0 Å². The number of nitrogens with zero attached hydrogens (tertiary/aromatic N) is 1. The van der Waals surface area contributed by atoms with Gasteiger partial charge in [-0.3, -0.25) is 4.98 Å². The van der Waals surface area contributed by atoms with E-state index in [2.05, 4.69) is 34.6 Å². The van der Waals surface area contributed by atoms with Gasteiger partial charge in [0.2, 0.25) is 0 Å². The zero-order chi connectivity index (χ0) is 13.8. The van der Waals surface area contributed by atoms with Crippen molar-refractivity contribution in [1.29, 1.82) is 0 Å². The molecule has 0 aliphatic carbocycles. The lowest BCUT2D eigenvalue weighted by molar-refractivity contribution is 0.470. The van der Waals surface area contributed by atoms with E-state index in [1.54, 1.807) is 6.26 Å². The van der Waals surface area contributed by atoms with Crippen LogP contribution in [-0.4, -0.2) is 12.0 Å². The van der Waals surface area contributed by atoms with Crippen molar-refractivity contribution < 1.29 is 4.42 Å². The summed E-state index contributed by atoms with van der Waals surface area (Å²) in [4.78, 5) is 4.53. The normalized spacial score (nSPS) is 12.7. The molecule has 0 bridgehead atoms. The third-order valence-electron chi connectivity index (χ3n) is 3.65. The summed E-state index contributed by atoms with van der Waals surface area (Å²) in [5.74, 6) is 1.03. The smallest absolute Gasteiger partial charge is 0.103 e. The number of para-hydroxylation sites is 1. The molecule has 2 heterocycles. The molecule has 0 saturated carbocycles. The number of rotatable bonds is 5. The van der Waals surface area contributed by atoms with E-state index in [0.717, 1.165) is 24.1 Å². The highest BCUT2D eigenvalue weighted by molar-refractivity contribution is 5.81. The summed E-state index contributed by atoms with van der Waals surface area (Å²) >= 11 is 0. The van der Waals surface area contributed by atoms with Crippen LogP contribution in [-0.2, 0) is 6.42 Å². The Morgan fingerprint density at radius 2 is 2.05 bits per heavy atom. The molecule has 20 heavy (non-hydrogen) atoms. The van der Waals surface area contributed by atoms with Gasteiger partial charge in [-0.25, -0.2) is 0 Å². The van der Waals surface area contributed by atoms with Gasteiger partial charge in [-0.1, -0.05) is 24.3 Å². The molecular weight excluding hydrogens is 248 g/mol. The van der Waals surface area contributed by atoms with Crippen LogP contribution in [0.15, 0.2) is 59.3 Å². The summed E-state index contributed by atoms with van der Waals surface area (Å²) in [7, 11) is 1.99. The van der Waals surface area contributed by atoms with Crippen molar-refractivity contribution in [1.82, 2.24) is 10.3 Å². The van der Waals surface area contributed by atoms with Gasteiger partial charge in [0.1, 0.15) is 5.76 Å². The number of furan rings is 1. The Morgan fingerprint density at radius 3 is 2.85 bits per heavy atom. The molecule has 0 saturated heterocycles. The van der Waals surface area contributed by atoms with Crippen molar-refractivity contribution >= 4 is 10.9 Å². The molecule has 1 unspecified atom stereocenters. The minimum absolute atomic E-state index is 0.277. The van der Waals surface area contributed by atoms with Crippen LogP contribution in [0.5, 0.6) is 0 Å². The third-order valence-corrected chi connectivity index (χ3v) is 3.65. The zero-order valence-electron chi connectivity index (χ0n) is 11.5. The van der Waals surface area contributed by atoms with Crippen molar-refractivity contribution in [3.8, 4) is 0 Å². The van der Waals surface area contributed by atoms with Gasteiger partial charge in [0.25, 0.3) is 0 Å². The topological polar surface area (TPSA) is 38.1 Å². The molecule has 0 fully saturated rings. The summed E-state index contributed by atoms with van der Waals surface area (Å²) in [5.41, 5.74) is 2.32. The standard InChI is InChI=1S/C17H18N2O/c1-18-16(10-9-14-7-4-12-20-14)15-8-2-5-13-6-3-11-19-17(13)15/h2-8,11-12,16,18H,9-10H2,1H3. The van der Waals surface area contributed by atoms with Crippen LogP contribution in [0.1, 0.15) is 23.8 Å². The van der Waals surface area contributed by atoms with Crippen LogP contribution < -0.4 is 5.32 Å². The van der Waals surface area contributed by atoms with Crippen LogP contribution in [0.3, 0.4) is 0 Å². The van der Waals surface area contributed by atoms with Crippen LogP contribution in [0.2, 0.25) is 0 Å². The molecule has 0 amide bonds. The van der Waals surface area contributed by atoms with Crippen molar-refractivity contribution in [3.05, 3.63) is 66.2 Å². The highest BCUT2D eigenvalue weighted by Crippen LogP contribution is 2.25. The largest absolute Gasteiger partial charge is 0.469 e. The van der Waals surface area contributed by atoms with Crippen LogP contribution >= 0.6 is 0 Å². The van der Waals surface area contributed by atoms with Crippen molar-refractivity contribution in [3.63, 3.8) is 0 Å². The van der Waals surface area contributed by atoms with E-state index < -0.39 is 0 Å². The molecule has 0 aliphatic heterocycles. The molecule has 3 aromatic rings. The SMILES string of the molecule is CNC(CCc1ccco1)c1cccc2cccnc12. The number of fused-ring (bicyclic) bond motifs is 1. The molecule has 1 N–H and O–H groups in total. The highest BCUT2D eigenvalue weighted by atomic mass is 16.3. The van der Waals surface area contributed by atoms with E-state index >= 15 is 0 Å². The first kappa shape index (κ1) is 12.9. The monoisotopic (exact) mass is 266 g/mol. The van der Waals surface area contributed by atoms with E-state index in [9.17, 15) is 0 Å². The highest BCUT2D eigenvalue weighted by Gasteiger charge is 2.13. The minimum atomic E-state index is 0.277. The van der Waals surface area contributed by atoms with Crippen molar-refractivity contribution in [2.45, 2.75) is 18.9 Å². The number of aryl methyl sites for hydroxylation is 1. The number of hydrogen-bond acceptors (Lipinski definition) is 3. The average Bonchev–Trinajstić information content (AvgIpc) is 3.01. The van der Waals surface area contributed by atoms with Gasteiger partial charge in [0, 0.05) is 24.0 Å². The Labute approximate surface area is 118 Å². The molecule has 1 atom stereocenters. The van der Waals surface area contributed by atoms with Crippen LogP contribution in [0.4, 0.5) is 0 Å². The van der Waals surface area contributed by atoms with E-state index in [4.69, 9.17) is 4.42 Å². The predicted octanol–water partition coefficient (Wildman–Crippen LogP) is 3.72. The molecule has 3 heteroatoms. The van der Waals surface area contributed by atoms with Gasteiger partial charge in [0.05, 0.1) is 11.8 Å². The Bertz CT molecular complexity index is 671. The molecule has 0 spiro atoms. The molecule has 3 nitrogen and oxygen atoms in total. The number of pyridine rings is 1. The second-order valence-corrected chi connectivity index (χ2v) is 4.88. The average molecular weight is 266 g/mol. The number of nitrogens with one attached hydrogen (secondary N) is 1. The maximum absolute atomic E-state index is 5.41. The fraction of sp³-hybridized carbons (Fsp3) is 0.235. The predicted molar refractivity (Wildman–Crippen MR) is 80.6 cm³/mol. The van der Waals surface area contributed by atoms with Gasteiger partial charge in [0.15, 0.2) is 0 Å². The van der Waals surface area contributed by atoms with Crippen molar-refractivity contribution in [2.24, 2.45) is 0 Å². The Morgan fingerprint density at radius 1 is 1.15 bits per heavy atom. The molecule has 3 rings (SSSR count). The maximum Gasteiger partial charge on any atom is 0.103 e. The minimum Gasteiger partial charge on any atom is -0.469 e. The Kier molecular flexibility index (Phi) is 3.79. The second-order valence-electron chi connectivity index (χ2n) is 4.88. The van der Waals surface area contributed by atoms with Gasteiger partial charge >= 0.3 is 0 Å². The summed E-state index contributed by atoms with van der Waals surface area (Å²) in [6.45, 7) is 0. The van der Waals surface area contributed by atoms with E-state index in [1.165, 1.54) is 10.9 Å². The Hall–Kier alpha value is -2.13. The molecular formula is C17H18N2O. The van der Waals surface area contributed by atoms with E-state index in [-0.39, 0.29) is 6.04 Å². The molecule has 2 aromatic heterocycles. The first-order valence-corrected chi connectivity index (χ1v) is 6.92. The lowest BCUT2D eigenvalue weighted by Gasteiger charge is -2.17. The van der Waals surface area contributed by atoms with Crippen LogP contribution in [0, 0.1) is 0 Å². The maximum atomic E-state index is 5.41. The number of aromatic nitrogens is 1. The third kappa shape index (κ3) is 2.58. The van der Waals surface area contributed by atoms with E-state index in [0.29, 0.717) is 0 Å². The second kappa shape index (κ2) is 5.88. The summed E-state index contributed by atoms with van der Waals surface area (Å²) in [6, 6.07) is 14.7. The first-order chi connectivity index (χ1) is 9.88. The lowest BCUT2D eigenvalue weighted by atomic mass is 9.98. The Balaban J connectivity index is 1.87. The van der Waals surface area contributed by atoms with E-state index in [1.807, 2.05) is 31.4 Å². The lowest BCUT2D eigenvalue weighted by Crippen LogP contribution is -2.17. The molecule has 1 aromatic carbocycles. The number of benzene rings is 1. The summed E-state index contributed by atoms with van der Waals surface area (Å²) in [5, 5.41) is 4.57. The first-order valence-electron chi connectivity index (χ1n) is 6.92. The van der Waals surface area contributed by atoms with Crippen molar-refractivity contribution in [2.75, 3.05) is 7.05 Å². The molecule has 0 radical (unpaired) electrons. The molecule has 102 valence electrons. The number of hydrogen-bond donors (Lipinski definition) is 1. The van der Waals surface area contributed by atoms with Gasteiger partial charge in [-0.05, 0) is 37.2 Å². The van der Waals surface area contributed by atoms with Gasteiger partial charge < -0.3 is 9.73 Å². The summed E-state index contributed by atoms with van der Waals surface area (Å²) < 4.78 is 5.41. The molecule has 0 aliphatic rings. The fourth-order valence-corrected chi connectivity index (χ4v) is 2.61. The summed E-state index contributed by atoms with van der Waals surface area (Å²) in [6.07, 6.45) is 5.48. The quantitative estimate of drug-likeness (QED) is 0.764. The van der Waals surface area contributed by atoms with Crippen LogP contribution in [0.25, 0.3) is 10.9 Å². The fourth-order valence-electron chi connectivity index (χ4n) is 2.61.